The van der Waals surface area contributed by atoms with Gasteiger partial charge in [0.05, 0.1) is 10.2 Å². The van der Waals surface area contributed by atoms with Crippen molar-refractivity contribution in [1.82, 2.24) is 4.98 Å². The zero-order valence-corrected chi connectivity index (χ0v) is 15.0. The van der Waals surface area contributed by atoms with Gasteiger partial charge in [0.1, 0.15) is 5.01 Å². The number of thiazole rings is 1. The van der Waals surface area contributed by atoms with Crippen LogP contribution in [-0.2, 0) is 6.42 Å². The molecule has 0 saturated heterocycles. The first-order valence-electron chi connectivity index (χ1n) is 8.73. The van der Waals surface area contributed by atoms with Gasteiger partial charge in [-0.1, -0.05) is 62.9 Å². The molecule has 1 aromatic heterocycles. The molecule has 0 amide bonds. The van der Waals surface area contributed by atoms with Crippen LogP contribution >= 0.6 is 11.3 Å². The molecular formula is C21H25NS. The summed E-state index contributed by atoms with van der Waals surface area (Å²) in [4.78, 5) is 4.77. The number of benzene rings is 2. The maximum absolute atomic E-state index is 4.77. The van der Waals surface area contributed by atoms with Crippen LogP contribution in [0.25, 0.3) is 20.8 Å². The highest BCUT2D eigenvalue weighted by Gasteiger charge is 2.06. The lowest BCUT2D eigenvalue weighted by Gasteiger charge is -2.03. The summed E-state index contributed by atoms with van der Waals surface area (Å²) in [6.45, 7) is 4.40. The summed E-state index contributed by atoms with van der Waals surface area (Å²) in [5.41, 5.74) is 5.09. The summed E-state index contributed by atoms with van der Waals surface area (Å²) >= 11 is 1.79. The van der Waals surface area contributed by atoms with Gasteiger partial charge in [0.2, 0.25) is 0 Å². The molecule has 120 valence electrons. The third-order valence-corrected chi connectivity index (χ3v) is 5.38. The van der Waals surface area contributed by atoms with Crippen molar-refractivity contribution in [2.24, 2.45) is 0 Å². The van der Waals surface area contributed by atoms with Crippen LogP contribution in [0.15, 0.2) is 42.5 Å². The van der Waals surface area contributed by atoms with Gasteiger partial charge in [-0.05, 0) is 43.0 Å². The molecule has 0 N–H and O–H groups in total. The Morgan fingerprint density at radius 3 is 2.48 bits per heavy atom. The fourth-order valence-electron chi connectivity index (χ4n) is 2.90. The van der Waals surface area contributed by atoms with Crippen molar-refractivity contribution in [3.63, 3.8) is 0 Å². The van der Waals surface area contributed by atoms with E-state index in [1.807, 2.05) is 0 Å². The van der Waals surface area contributed by atoms with Crippen molar-refractivity contribution in [2.75, 3.05) is 0 Å². The number of hydrogen-bond donors (Lipinski definition) is 0. The molecule has 0 aliphatic rings. The van der Waals surface area contributed by atoms with Gasteiger partial charge in [0.25, 0.3) is 0 Å². The Bertz CT molecular complexity index is 755. The molecule has 0 spiro atoms. The number of nitrogens with zero attached hydrogens (tertiary/aromatic N) is 1. The largest absolute Gasteiger partial charge is 0.236 e. The van der Waals surface area contributed by atoms with E-state index in [-0.39, 0.29) is 0 Å². The molecule has 0 radical (unpaired) electrons. The molecule has 0 unspecified atom stereocenters. The number of fused-ring (bicyclic) bond motifs is 1. The summed E-state index contributed by atoms with van der Waals surface area (Å²) in [5.74, 6) is 0. The van der Waals surface area contributed by atoms with Gasteiger partial charge < -0.3 is 0 Å². The van der Waals surface area contributed by atoms with Crippen molar-refractivity contribution in [2.45, 2.75) is 52.4 Å². The Balaban J connectivity index is 1.66. The quantitative estimate of drug-likeness (QED) is 0.436. The number of hydrogen-bond acceptors (Lipinski definition) is 2. The molecule has 3 aromatic rings. The molecule has 0 aliphatic carbocycles. The first kappa shape index (κ1) is 16.2. The molecule has 1 nitrogen and oxygen atoms in total. The Morgan fingerprint density at radius 1 is 0.913 bits per heavy atom. The van der Waals surface area contributed by atoms with Crippen molar-refractivity contribution in [1.29, 1.82) is 0 Å². The predicted molar refractivity (Wildman–Crippen MR) is 102 cm³/mol. The molecule has 23 heavy (non-hydrogen) atoms. The zero-order chi connectivity index (χ0) is 16.1. The van der Waals surface area contributed by atoms with Crippen LogP contribution in [-0.4, -0.2) is 4.98 Å². The van der Waals surface area contributed by atoms with E-state index < -0.39 is 0 Å². The molecule has 0 aliphatic heterocycles. The Labute approximate surface area is 143 Å². The van der Waals surface area contributed by atoms with E-state index in [2.05, 4.69) is 56.3 Å². The summed E-state index contributed by atoms with van der Waals surface area (Å²) in [5, 5.41) is 1.13. The van der Waals surface area contributed by atoms with E-state index in [1.165, 1.54) is 59.9 Å². The smallest absolute Gasteiger partial charge is 0.124 e. The number of rotatable bonds is 7. The fourth-order valence-corrected chi connectivity index (χ4v) is 3.97. The average molecular weight is 324 g/mol. The minimum Gasteiger partial charge on any atom is -0.236 e. The maximum atomic E-state index is 4.77. The standard InChI is InChI=1S/C21H25NS/c1-3-4-5-6-7-8-17-10-12-18(13-11-17)21-22-19-14-9-16(2)15-20(19)23-21/h9-15H,3-8H2,1-2H3. The lowest BCUT2D eigenvalue weighted by Crippen LogP contribution is -1.86. The molecule has 0 saturated carbocycles. The van der Waals surface area contributed by atoms with Crippen LogP contribution in [0.5, 0.6) is 0 Å². The molecule has 0 bridgehead atoms. The second-order valence-electron chi connectivity index (χ2n) is 6.35. The van der Waals surface area contributed by atoms with E-state index in [0.717, 1.165) is 10.5 Å². The monoisotopic (exact) mass is 323 g/mol. The lowest BCUT2D eigenvalue weighted by molar-refractivity contribution is 0.632. The van der Waals surface area contributed by atoms with Gasteiger partial charge in [-0.25, -0.2) is 4.98 Å². The maximum Gasteiger partial charge on any atom is 0.124 e. The summed E-state index contributed by atoms with van der Waals surface area (Å²) < 4.78 is 1.28. The average Bonchev–Trinajstić information content (AvgIpc) is 2.98. The number of unbranched alkanes of at least 4 members (excludes halogenated alkanes) is 4. The first-order valence-corrected chi connectivity index (χ1v) is 9.54. The van der Waals surface area contributed by atoms with Gasteiger partial charge >= 0.3 is 0 Å². The molecule has 2 aromatic carbocycles. The molecule has 0 fully saturated rings. The van der Waals surface area contributed by atoms with Crippen LogP contribution in [0.1, 0.15) is 50.2 Å². The molecule has 2 heteroatoms. The minimum atomic E-state index is 1.11. The van der Waals surface area contributed by atoms with Crippen LogP contribution in [0.4, 0.5) is 0 Å². The third-order valence-electron chi connectivity index (χ3n) is 4.31. The van der Waals surface area contributed by atoms with E-state index in [9.17, 15) is 0 Å². The predicted octanol–water partition coefficient (Wildman–Crippen LogP) is 6.78. The molecule has 3 rings (SSSR count). The topological polar surface area (TPSA) is 12.9 Å². The number of aryl methyl sites for hydroxylation is 2. The van der Waals surface area contributed by atoms with Gasteiger partial charge in [-0.3, -0.25) is 0 Å². The van der Waals surface area contributed by atoms with E-state index in [0.29, 0.717) is 0 Å². The van der Waals surface area contributed by atoms with Gasteiger partial charge in [0.15, 0.2) is 0 Å². The highest BCUT2D eigenvalue weighted by molar-refractivity contribution is 7.21. The van der Waals surface area contributed by atoms with Crippen molar-refractivity contribution < 1.29 is 0 Å². The van der Waals surface area contributed by atoms with Crippen molar-refractivity contribution in [3.05, 3.63) is 53.6 Å². The van der Waals surface area contributed by atoms with E-state index >= 15 is 0 Å². The summed E-state index contributed by atoms with van der Waals surface area (Å²) in [6.07, 6.45) is 7.92. The lowest BCUT2D eigenvalue weighted by atomic mass is 10.0. The normalized spacial score (nSPS) is 11.2. The van der Waals surface area contributed by atoms with Crippen LogP contribution < -0.4 is 0 Å². The molecule has 0 atom stereocenters. The van der Waals surface area contributed by atoms with Crippen molar-refractivity contribution in [3.8, 4) is 10.6 Å². The SMILES string of the molecule is CCCCCCCc1ccc(-c2nc3ccc(C)cc3s2)cc1. The summed E-state index contributed by atoms with van der Waals surface area (Å²) in [7, 11) is 0. The Kier molecular flexibility index (Phi) is 5.45. The zero-order valence-electron chi connectivity index (χ0n) is 14.1. The van der Waals surface area contributed by atoms with E-state index in [4.69, 9.17) is 4.98 Å². The van der Waals surface area contributed by atoms with E-state index in [1.54, 1.807) is 11.3 Å². The fraction of sp³-hybridized carbons (Fsp3) is 0.381. The molecule has 1 heterocycles. The first-order chi connectivity index (χ1) is 11.3. The Morgan fingerprint density at radius 2 is 1.70 bits per heavy atom. The van der Waals surface area contributed by atoms with Crippen LogP contribution in [0, 0.1) is 6.92 Å². The third kappa shape index (κ3) is 4.20. The number of aromatic nitrogens is 1. The highest BCUT2D eigenvalue weighted by atomic mass is 32.1. The van der Waals surface area contributed by atoms with Gasteiger partial charge in [-0.15, -0.1) is 11.3 Å². The van der Waals surface area contributed by atoms with Gasteiger partial charge in [-0.2, -0.15) is 0 Å². The van der Waals surface area contributed by atoms with Crippen LogP contribution in [0.2, 0.25) is 0 Å². The minimum absolute atomic E-state index is 1.11. The second-order valence-corrected chi connectivity index (χ2v) is 7.38. The van der Waals surface area contributed by atoms with Gasteiger partial charge in [0, 0.05) is 5.56 Å². The molecular weight excluding hydrogens is 298 g/mol. The second kappa shape index (κ2) is 7.74. The summed E-state index contributed by atoms with van der Waals surface area (Å²) in [6, 6.07) is 15.5. The Hall–Kier alpha value is -1.67. The van der Waals surface area contributed by atoms with Crippen LogP contribution in [0.3, 0.4) is 0 Å². The highest BCUT2D eigenvalue weighted by Crippen LogP contribution is 2.30. The van der Waals surface area contributed by atoms with Crippen molar-refractivity contribution >= 4 is 21.6 Å².